The summed E-state index contributed by atoms with van der Waals surface area (Å²) in [4.78, 5) is 13.3. The minimum atomic E-state index is -1.46. The van der Waals surface area contributed by atoms with E-state index in [0.717, 1.165) is 6.42 Å². The Kier molecular flexibility index (Phi) is 6.45. The van der Waals surface area contributed by atoms with Crippen molar-refractivity contribution in [3.05, 3.63) is 11.6 Å². The van der Waals surface area contributed by atoms with E-state index in [0.29, 0.717) is 30.8 Å². The van der Waals surface area contributed by atoms with Crippen LogP contribution in [0.2, 0.25) is 0 Å². The van der Waals surface area contributed by atoms with Crippen molar-refractivity contribution in [2.24, 2.45) is 34.5 Å². The van der Waals surface area contributed by atoms with Gasteiger partial charge in [0.05, 0.1) is 35.6 Å². The third-order valence-electron chi connectivity index (χ3n) is 10.5. The monoisotopic (exact) mass is 480 g/mol. The lowest BCUT2D eigenvalue weighted by Gasteiger charge is -2.62. The molecule has 34 heavy (non-hydrogen) atoms. The minimum Gasteiger partial charge on any atom is -0.392 e. The van der Waals surface area contributed by atoms with Gasteiger partial charge in [-0.2, -0.15) is 0 Å². The molecule has 0 radical (unpaired) electrons. The lowest BCUT2D eigenvalue weighted by Crippen LogP contribution is -2.66. The molecule has 194 valence electrons. The molecule has 0 aliphatic heterocycles. The predicted molar refractivity (Wildman–Crippen MR) is 127 cm³/mol. The first-order chi connectivity index (χ1) is 15.6. The molecule has 0 aromatic rings. The maximum absolute atomic E-state index is 13.3. The predicted octanol–water partition coefficient (Wildman–Crippen LogP) is 1.71. The zero-order valence-electron chi connectivity index (χ0n) is 21.2. The first-order valence-electron chi connectivity index (χ1n) is 13.0. The minimum absolute atomic E-state index is 0.137. The molecule has 3 saturated carbocycles. The number of aliphatic hydroxyl groups excluding tert-OH is 4. The van der Waals surface area contributed by atoms with Crippen molar-refractivity contribution in [3.8, 4) is 0 Å². The van der Waals surface area contributed by atoms with E-state index >= 15 is 0 Å². The molecular formula is C27H44O7. The maximum atomic E-state index is 13.3. The summed E-state index contributed by atoms with van der Waals surface area (Å²) in [7, 11) is 0. The highest BCUT2D eigenvalue weighted by Gasteiger charge is 2.71. The van der Waals surface area contributed by atoms with E-state index in [2.05, 4.69) is 13.8 Å². The molecule has 0 bridgehead atoms. The van der Waals surface area contributed by atoms with Crippen molar-refractivity contribution in [2.75, 3.05) is 0 Å². The van der Waals surface area contributed by atoms with Gasteiger partial charge in [-0.25, -0.2) is 0 Å². The number of aliphatic hydroxyl groups is 6. The van der Waals surface area contributed by atoms with Crippen LogP contribution in [0, 0.1) is 34.5 Å². The third-order valence-corrected chi connectivity index (χ3v) is 10.5. The second-order valence-corrected chi connectivity index (χ2v) is 13.0. The summed E-state index contributed by atoms with van der Waals surface area (Å²) in [6, 6.07) is 0. The number of carbonyl (C=O) groups is 1. The molecule has 4 aliphatic rings. The topological polar surface area (TPSA) is 138 Å². The van der Waals surface area contributed by atoms with Crippen molar-refractivity contribution >= 4 is 5.78 Å². The number of carbonyl (C=O) groups excluding carboxylic acids is 1. The Morgan fingerprint density at radius 1 is 1.09 bits per heavy atom. The lowest BCUT2D eigenvalue weighted by molar-refractivity contribution is -0.196. The van der Waals surface area contributed by atoms with Crippen molar-refractivity contribution in [3.63, 3.8) is 0 Å². The summed E-state index contributed by atoms with van der Waals surface area (Å²) in [6.07, 6.45) is 0.195. The highest BCUT2D eigenvalue weighted by Crippen LogP contribution is 2.68. The van der Waals surface area contributed by atoms with Crippen LogP contribution in [0.25, 0.3) is 0 Å². The Morgan fingerprint density at radius 2 is 1.74 bits per heavy atom. The molecule has 0 spiro atoms. The molecule has 0 aromatic carbocycles. The Labute approximate surface area is 202 Å². The molecule has 0 saturated heterocycles. The number of hydrogen-bond donors (Lipinski definition) is 6. The molecule has 7 nitrogen and oxygen atoms in total. The fourth-order valence-electron chi connectivity index (χ4n) is 8.44. The van der Waals surface area contributed by atoms with Crippen molar-refractivity contribution < 1.29 is 35.4 Å². The smallest absolute Gasteiger partial charge is 0.159 e. The summed E-state index contributed by atoms with van der Waals surface area (Å²) in [5, 5.41) is 66.9. The fourth-order valence-corrected chi connectivity index (χ4v) is 8.44. The Hall–Kier alpha value is -0.830. The summed E-state index contributed by atoms with van der Waals surface area (Å²) in [6.45, 7) is 9.52. The van der Waals surface area contributed by atoms with E-state index in [1.807, 2.05) is 13.8 Å². The number of hydrogen-bond acceptors (Lipinski definition) is 7. The van der Waals surface area contributed by atoms with E-state index in [1.54, 1.807) is 6.92 Å². The van der Waals surface area contributed by atoms with E-state index in [1.165, 1.54) is 6.08 Å². The Balaban J connectivity index is 1.73. The summed E-state index contributed by atoms with van der Waals surface area (Å²) in [5.74, 6) is -1.32. The highest BCUT2D eigenvalue weighted by molar-refractivity contribution is 5.95. The first-order valence-corrected chi connectivity index (χ1v) is 13.0. The SMILES string of the molecule is CC(C)CC[C@@H](O)[C@@](C)(O)C1CC[C@@]2(O)C3=CC(=O)[C@@H]4C[C@@H](O)[C@@H](O)C[C@]4(C)C3[C@H](O)C[C@]12C. The molecule has 0 amide bonds. The van der Waals surface area contributed by atoms with E-state index < -0.39 is 64.2 Å². The summed E-state index contributed by atoms with van der Waals surface area (Å²) in [5.41, 5.74) is -4.09. The van der Waals surface area contributed by atoms with Crippen LogP contribution in [0.3, 0.4) is 0 Å². The van der Waals surface area contributed by atoms with Gasteiger partial charge in [0.2, 0.25) is 0 Å². The van der Waals surface area contributed by atoms with Gasteiger partial charge in [0.25, 0.3) is 0 Å². The second kappa shape index (κ2) is 8.35. The fraction of sp³-hybridized carbons (Fsp3) is 0.889. The molecule has 2 unspecified atom stereocenters. The van der Waals surface area contributed by atoms with Gasteiger partial charge in [0, 0.05) is 17.3 Å². The zero-order valence-corrected chi connectivity index (χ0v) is 21.2. The van der Waals surface area contributed by atoms with Crippen molar-refractivity contribution in [1.29, 1.82) is 0 Å². The molecule has 3 fully saturated rings. The van der Waals surface area contributed by atoms with Crippen LogP contribution in [0.1, 0.15) is 79.6 Å². The van der Waals surface area contributed by atoms with Gasteiger partial charge in [0.15, 0.2) is 5.78 Å². The Bertz CT molecular complexity index is 852. The third kappa shape index (κ3) is 3.57. The second-order valence-electron chi connectivity index (χ2n) is 13.0. The lowest BCUT2D eigenvalue weighted by atomic mass is 9.45. The highest BCUT2D eigenvalue weighted by atomic mass is 16.3. The number of rotatable bonds is 5. The molecule has 4 rings (SSSR count). The van der Waals surface area contributed by atoms with Gasteiger partial charge >= 0.3 is 0 Å². The van der Waals surface area contributed by atoms with Gasteiger partial charge in [-0.3, -0.25) is 4.79 Å². The summed E-state index contributed by atoms with van der Waals surface area (Å²) < 4.78 is 0. The average Bonchev–Trinajstić information content (AvgIpc) is 2.99. The van der Waals surface area contributed by atoms with Crippen LogP contribution < -0.4 is 0 Å². The standard InChI is InChI=1S/C27H44O7/c1-14(2)6-7-22(32)26(5,33)21-8-9-27(34)16-11-17(28)15-10-18(29)19(30)12-24(15,3)23(16)20(31)13-25(21,27)4/h11,14-15,18-23,29-34H,6-10,12-13H2,1-5H3/t15-,18+,19-,20+,21?,22+,23?,24-,25+,26-,27+/m0/s1. The van der Waals surface area contributed by atoms with Crippen LogP contribution in [0.4, 0.5) is 0 Å². The van der Waals surface area contributed by atoms with Crippen LogP contribution in [-0.2, 0) is 4.79 Å². The van der Waals surface area contributed by atoms with Gasteiger partial charge in [-0.15, -0.1) is 0 Å². The zero-order chi connectivity index (χ0) is 25.4. The molecule has 0 heterocycles. The molecule has 4 aliphatic carbocycles. The van der Waals surface area contributed by atoms with Gasteiger partial charge < -0.3 is 30.6 Å². The molecular weight excluding hydrogens is 436 g/mol. The van der Waals surface area contributed by atoms with Gasteiger partial charge in [-0.05, 0) is 80.8 Å². The first kappa shape index (κ1) is 26.2. The number of ketones is 1. The maximum Gasteiger partial charge on any atom is 0.159 e. The van der Waals surface area contributed by atoms with E-state index in [9.17, 15) is 35.4 Å². The summed E-state index contributed by atoms with van der Waals surface area (Å²) >= 11 is 0. The van der Waals surface area contributed by atoms with Crippen LogP contribution in [0.5, 0.6) is 0 Å². The van der Waals surface area contributed by atoms with Gasteiger partial charge in [-0.1, -0.05) is 27.7 Å². The average molecular weight is 481 g/mol. The Morgan fingerprint density at radius 3 is 2.35 bits per heavy atom. The van der Waals surface area contributed by atoms with Crippen LogP contribution in [-0.4, -0.2) is 72.0 Å². The molecule has 0 aromatic heterocycles. The van der Waals surface area contributed by atoms with Gasteiger partial charge in [0.1, 0.15) is 0 Å². The molecule has 11 atom stereocenters. The molecule has 7 heteroatoms. The van der Waals surface area contributed by atoms with Crippen molar-refractivity contribution in [1.82, 2.24) is 0 Å². The largest absolute Gasteiger partial charge is 0.392 e. The van der Waals surface area contributed by atoms with Crippen molar-refractivity contribution in [2.45, 2.75) is 115 Å². The quantitative estimate of drug-likeness (QED) is 0.352. The molecule has 6 N–H and O–H groups in total. The number of fused-ring (bicyclic) bond motifs is 5. The number of allylic oxidation sites excluding steroid dienone is 1. The van der Waals surface area contributed by atoms with E-state index in [-0.39, 0.29) is 25.0 Å². The normalized spacial score (nSPS) is 49.1. The van der Waals surface area contributed by atoms with Crippen LogP contribution in [0.15, 0.2) is 11.6 Å². The van der Waals surface area contributed by atoms with E-state index in [4.69, 9.17) is 0 Å². The van der Waals surface area contributed by atoms with Crippen LogP contribution >= 0.6 is 0 Å².